The van der Waals surface area contributed by atoms with Crippen molar-refractivity contribution < 1.29 is 32.7 Å². The highest BCUT2D eigenvalue weighted by atomic mass is 32.1. The van der Waals surface area contributed by atoms with Crippen LogP contribution >= 0.6 is 11.3 Å². The number of thiophene rings is 1. The van der Waals surface area contributed by atoms with Crippen molar-refractivity contribution >= 4 is 39.2 Å². The Morgan fingerprint density at radius 3 is 2.41 bits per heavy atom. The smallest absolute Gasteiger partial charge is 0.416 e. The monoisotopic (exact) mass is 560 g/mol. The summed E-state index contributed by atoms with van der Waals surface area (Å²) in [6, 6.07) is 12.6. The number of amides is 2. The SMILES string of the molecule is CC1(C(=O)N(CCCCCC(=O)O)Cc2ccc(C(F)(F)F)cc2)CCN1C(=O)Cc1csc2ccccc12. The first kappa shape index (κ1) is 28.6. The minimum atomic E-state index is -4.45. The predicted octanol–water partition coefficient (Wildman–Crippen LogP) is 6.13. The van der Waals surface area contributed by atoms with Gasteiger partial charge in [-0.25, -0.2) is 0 Å². The number of alkyl halides is 3. The first-order valence-corrected chi connectivity index (χ1v) is 13.8. The molecule has 6 nitrogen and oxygen atoms in total. The Morgan fingerprint density at radius 2 is 1.77 bits per heavy atom. The van der Waals surface area contributed by atoms with Crippen LogP contribution in [0.4, 0.5) is 13.2 Å². The quantitative estimate of drug-likeness (QED) is 0.286. The second kappa shape index (κ2) is 11.8. The van der Waals surface area contributed by atoms with Crippen LogP contribution in [0, 0.1) is 0 Å². The van der Waals surface area contributed by atoms with Crippen molar-refractivity contribution in [1.82, 2.24) is 9.80 Å². The normalized spacial score (nSPS) is 17.2. The Morgan fingerprint density at radius 1 is 1.05 bits per heavy atom. The first-order valence-electron chi connectivity index (χ1n) is 12.9. The van der Waals surface area contributed by atoms with Gasteiger partial charge in [-0.05, 0) is 66.3 Å². The molecule has 0 radical (unpaired) electrons. The molecule has 1 aliphatic heterocycles. The predicted molar refractivity (Wildman–Crippen MR) is 143 cm³/mol. The molecule has 3 aromatic rings. The van der Waals surface area contributed by atoms with Crippen LogP contribution in [0.5, 0.6) is 0 Å². The van der Waals surface area contributed by atoms with Gasteiger partial charge >= 0.3 is 12.1 Å². The van der Waals surface area contributed by atoms with Gasteiger partial charge in [0.05, 0.1) is 12.0 Å². The Kier molecular flexibility index (Phi) is 8.64. The van der Waals surface area contributed by atoms with Gasteiger partial charge in [0.2, 0.25) is 11.8 Å². The van der Waals surface area contributed by atoms with E-state index in [1.807, 2.05) is 29.6 Å². The molecule has 0 bridgehead atoms. The maximum atomic E-state index is 13.8. The number of halogens is 3. The van der Waals surface area contributed by atoms with Gasteiger partial charge in [-0.3, -0.25) is 14.4 Å². The van der Waals surface area contributed by atoms with Crippen molar-refractivity contribution in [1.29, 1.82) is 0 Å². The van der Waals surface area contributed by atoms with E-state index < -0.39 is 23.2 Å². The number of nitrogens with zero attached hydrogens (tertiary/aromatic N) is 2. The summed E-state index contributed by atoms with van der Waals surface area (Å²) in [4.78, 5) is 41.2. The summed E-state index contributed by atoms with van der Waals surface area (Å²) >= 11 is 1.57. The molecule has 39 heavy (non-hydrogen) atoms. The van der Waals surface area contributed by atoms with Gasteiger partial charge in [0.1, 0.15) is 5.54 Å². The maximum Gasteiger partial charge on any atom is 0.416 e. The number of carbonyl (C=O) groups is 3. The molecule has 1 fully saturated rings. The lowest BCUT2D eigenvalue weighted by molar-refractivity contribution is -0.164. The molecule has 1 N–H and O–H groups in total. The highest BCUT2D eigenvalue weighted by molar-refractivity contribution is 7.17. The number of carboxylic acid groups (broad SMARTS) is 1. The van der Waals surface area contributed by atoms with E-state index in [9.17, 15) is 27.6 Å². The van der Waals surface area contributed by atoms with E-state index in [-0.39, 0.29) is 31.2 Å². The largest absolute Gasteiger partial charge is 0.481 e. The molecule has 1 aliphatic rings. The van der Waals surface area contributed by atoms with Gasteiger partial charge in [0, 0.05) is 30.8 Å². The maximum absolute atomic E-state index is 13.8. The molecule has 10 heteroatoms. The Balaban J connectivity index is 1.48. The first-order chi connectivity index (χ1) is 18.5. The standard InChI is InChI=1S/C29H31F3N2O4S/c1-28(14-16-34(28)25(35)17-21-19-39-24-8-5-4-7-23(21)24)27(38)33(15-6-2-3-9-26(36)37)18-20-10-12-22(13-11-20)29(30,31)32/h4-5,7-8,10-13,19H,2-3,6,9,14-18H2,1H3,(H,36,37). The molecule has 0 spiro atoms. The number of fused-ring (bicyclic) bond motifs is 1. The number of unbranched alkanes of at least 4 members (excludes halogenated alkanes) is 2. The van der Waals surface area contributed by atoms with E-state index in [0.717, 1.165) is 27.8 Å². The molecular formula is C29H31F3N2O4S. The molecule has 2 amide bonds. The van der Waals surface area contributed by atoms with Crippen LogP contribution < -0.4 is 0 Å². The van der Waals surface area contributed by atoms with E-state index in [1.54, 1.807) is 28.1 Å². The van der Waals surface area contributed by atoms with Crippen molar-refractivity contribution in [3.63, 3.8) is 0 Å². The number of carboxylic acids is 1. The molecule has 208 valence electrons. The van der Waals surface area contributed by atoms with Crippen molar-refractivity contribution in [2.75, 3.05) is 13.1 Å². The molecule has 4 rings (SSSR count). The van der Waals surface area contributed by atoms with E-state index in [4.69, 9.17) is 5.11 Å². The van der Waals surface area contributed by atoms with Gasteiger partial charge in [0.15, 0.2) is 0 Å². The summed E-state index contributed by atoms with van der Waals surface area (Å²) in [5.74, 6) is -1.28. The number of aliphatic carboxylic acids is 1. The van der Waals surface area contributed by atoms with E-state index in [0.29, 0.717) is 44.3 Å². The molecule has 0 saturated carbocycles. The third kappa shape index (κ3) is 6.61. The summed E-state index contributed by atoms with van der Waals surface area (Å²) in [7, 11) is 0. The molecule has 1 saturated heterocycles. The second-order valence-corrected chi connectivity index (χ2v) is 11.0. The van der Waals surface area contributed by atoms with Crippen molar-refractivity contribution in [2.24, 2.45) is 0 Å². The third-order valence-electron chi connectivity index (χ3n) is 7.34. The van der Waals surface area contributed by atoms with E-state index >= 15 is 0 Å². The number of rotatable bonds is 11. The molecule has 2 heterocycles. The fourth-order valence-corrected chi connectivity index (χ4v) is 5.94. The van der Waals surface area contributed by atoms with Crippen molar-refractivity contribution in [3.05, 3.63) is 70.6 Å². The highest BCUT2D eigenvalue weighted by Crippen LogP contribution is 2.35. The van der Waals surface area contributed by atoms with Gasteiger partial charge in [0.25, 0.3) is 0 Å². The fraction of sp³-hybridized carbons (Fsp3) is 0.414. The lowest BCUT2D eigenvalue weighted by Gasteiger charge is -2.51. The molecular weight excluding hydrogens is 529 g/mol. The number of hydrogen-bond donors (Lipinski definition) is 1. The Hall–Kier alpha value is -3.40. The van der Waals surface area contributed by atoms with Crippen molar-refractivity contribution in [2.45, 2.75) is 63.7 Å². The van der Waals surface area contributed by atoms with E-state index in [2.05, 4.69) is 0 Å². The van der Waals surface area contributed by atoms with Gasteiger partial charge in [-0.1, -0.05) is 36.8 Å². The topological polar surface area (TPSA) is 77.9 Å². The lowest BCUT2D eigenvalue weighted by Crippen LogP contribution is -2.68. The summed E-state index contributed by atoms with van der Waals surface area (Å²) in [6.07, 6.45) is -2.14. The van der Waals surface area contributed by atoms with Crippen LogP contribution in [-0.2, 0) is 33.5 Å². The average Bonchev–Trinajstić information content (AvgIpc) is 3.28. The number of likely N-dealkylation sites (tertiary alicyclic amines) is 1. The number of carbonyl (C=O) groups excluding carboxylic acids is 2. The average molecular weight is 561 g/mol. The van der Waals surface area contributed by atoms with Gasteiger partial charge in [-0.2, -0.15) is 13.2 Å². The zero-order valence-electron chi connectivity index (χ0n) is 21.7. The summed E-state index contributed by atoms with van der Waals surface area (Å²) < 4.78 is 40.1. The van der Waals surface area contributed by atoms with Crippen molar-refractivity contribution in [3.8, 4) is 0 Å². The van der Waals surface area contributed by atoms with Gasteiger partial charge in [-0.15, -0.1) is 11.3 Å². The summed E-state index contributed by atoms with van der Waals surface area (Å²) in [6.45, 7) is 2.61. The number of benzene rings is 2. The molecule has 1 atom stereocenters. The summed E-state index contributed by atoms with van der Waals surface area (Å²) in [5.41, 5.74) is -0.341. The van der Waals surface area contributed by atoms with Crippen LogP contribution in [0.25, 0.3) is 10.1 Å². The van der Waals surface area contributed by atoms with Crippen LogP contribution in [0.3, 0.4) is 0 Å². The molecule has 0 aliphatic carbocycles. The second-order valence-electron chi connectivity index (χ2n) is 10.1. The van der Waals surface area contributed by atoms with Gasteiger partial charge < -0.3 is 14.9 Å². The lowest BCUT2D eigenvalue weighted by atomic mass is 9.84. The van der Waals surface area contributed by atoms with Crippen LogP contribution in [0.1, 0.15) is 55.7 Å². The highest BCUT2D eigenvalue weighted by Gasteiger charge is 2.50. The minimum Gasteiger partial charge on any atom is -0.481 e. The Labute approximate surface area is 229 Å². The zero-order valence-corrected chi connectivity index (χ0v) is 22.5. The third-order valence-corrected chi connectivity index (χ3v) is 8.36. The minimum absolute atomic E-state index is 0.0319. The molecule has 1 unspecified atom stereocenters. The van der Waals surface area contributed by atoms with Crippen LogP contribution in [0.2, 0.25) is 0 Å². The zero-order chi connectivity index (χ0) is 28.2. The van der Waals surface area contributed by atoms with Crippen LogP contribution in [-0.4, -0.2) is 51.3 Å². The number of hydrogen-bond acceptors (Lipinski definition) is 4. The van der Waals surface area contributed by atoms with Crippen LogP contribution in [0.15, 0.2) is 53.9 Å². The molecule has 1 aromatic heterocycles. The van der Waals surface area contributed by atoms with E-state index in [1.165, 1.54) is 12.1 Å². The summed E-state index contributed by atoms with van der Waals surface area (Å²) in [5, 5.41) is 11.9. The molecule has 2 aromatic carbocycles. The fourth-order valence-electron chi connectivity index (χ4n) is 4.98. The Bertz CT molecular complexity index is 1340.